The van der Waals surface area contributed by atoms with Gasteiger partial charge in [-0.05, 0) is 42.2 Å². The largest absolute Gasteiger partial charge is 0.496 e. The van der Waals surface area contributed by atoms with Gasteiger partial charge in [-0.1, -0.05) is 37.3 Å². The molecule has 1 unspecified atom stereocenters. The van der Waals surface area contributed by atoms with E-state index in [4.69, 9.17) is 14.5 Å². The molecule has 158 valence electrons. The zero-order valence-corrected chi connectivity index (χ0v) is 19.9. The average Bonchev–Trinajstić information content (AvgIpc) is 3.19. The average molecular weight is 509 g/mol. The van der Waals surface area contributed by atoms with E-state index in [2.05, 4.69) is 48.7 Å². The quantitative estimate of drug-likeness (QED) is 0.319. The van der Waals surface area contributed by atoms with Gasteiger partial charge in [-0.3, -0.25) is 4.99 Å². The van der Waals surface area contributed by atoms with Crippen molar-refractivity contribution in [1.82, 2.24) is 10.6 Å². The van der Waals surface area contributed by atoms with E-state index >= 15 is 0 Å². The van der Waals surface area contributed by atoms with Crippen LogP contribution in [0.2, 0.25) is 0 Å². The minimum absolute atomic E-state index is 0. The molecule has 1 heterocycles. The number of ether oxygens (including phenoxy) is 2. The maximum atomic E-state index is 5.58. The predicted molar refractivity (Wildman–Crippen MR) is 130 cm³/mol. The molecule has 1 aliphatic rings. The Kier molecular flexibility index (Phi) is 9.57. The molecule has 0 amide bonds. The van der Waals surface area contributed by atoms with Crippen molar-refractivity contribution in [2.24, 2.45) is 4.99 Å². The summed E-state index contributed by atoms with van der Waals surface area (Å²) in [5, 5.41) is 6.78. The lowest BCUT2D eigenvalue weighted by atomic mass is 10.0. The molecule has 2 aromatic rings. The first-order valence-electron chi connectivity index (χ1n) is 10.1. The Morgan fingerprint density at radius 3 is 2.83 bits per heavy atom. The fourth-order valence-electron chi connectivity index (χ4n) is 3.46. The van der Waals surface area contributed by atoms with Crippen LogP contribution >= 0.6 is 24.0 Å². The number of para-hydroxylation sites is 1. The molecule has 3 rings (SSSR count). The second-order valence-corrected chi connectivity index (χ2v) is 7.08. The number of aliphatic imine (C=N–C) groups is 1. The summed E-state index contributed by atoms with van der Waals surface area (Å²) in [6.07, 6.45) is 1.97. The van der Waals surface area contributed by atoms with Gasteiger partial charge in [0.2, 0.25) is 0 Å². The van der Waals surface area contributed by atoms with Crippen molar-refractivity contribution in [3.05, 3.63) is 59.2 Å². The fraction of sp³-hybridized carbons (Fsp3) is 0.435. The van der Waals surface area contributed by atoms with Crippen LogP contribution in [-0.4, -0.2) is 39.3 Å². The standard InChI is InChI=1S/C23H31N3O2.HI/c1-4-24-23(26-16-17(2)20-7-5-6-8-22(20)27-3)25-13-11-18-9-10-21-19(15-18)12-14-28-21;/h5-10,15,17H,4,11-14,16H2,1-3H3,(H2,24,25,26);1H. The van der Waals surface area contributed by atoms with E-state index in [0.717, 1.165) is 50.0 Å². The summed E-state index contributed by atoms with van der Waals surface area (Å²) in [6.45, 7) is 7.45. The molecular formula is C23H32IN3O2. The summed E-state index contributed by atoms with van der Waals surface area (Å²) >= 11 is 0. The lowest BCUT2D eigenvalue weighted by Crippen LogP contribution is -2.38. The minimum atomic E-state index is 0. The molecule has 0 aliphatic carbocycles. The van der Waals surface area contributed by atoms with Crippen molar-refractivity contribution in [1.29, 1.82) is 0 Å². The molecule has 29 heavy (non-hydrogen) atoms. The van der Waals surface area contributed by atoms with Crippen molar-refractivity contribution in [3.8, 4) is 11.5 Å². The zero-order valence-electron chi connectivity index (χ0n) is 17.5. The van der Waals surface area contributed by atoms with Gasteiger partial charge in [-0.2, -0.15) is 0 Å². The molecule has 0 bridgehead atoms. The van der Waals surface area contributed by atoms with E-state index in [0.29, 0.717) is 6.54 Å². The number of guanidine groups is 1. The third-order valence-corrected chi connectivity index (χ3v) is 5.00. The highest BCUT2D eigenvalue weighted by Crippen LogP contribution is 2.27. The van der Waals surface area contributed by atoms with Crippen molar-refractivity contribution in [2.75, 3.05) is 33.4 Å². The molecular weight excluding hydrogens is 477 g/mol. The van der Waals surface area contributed by atoms with E-state index in [1.54, 1.807) is 7.11 Å². The lowest BCUT2D eigenvalue weighted by Gasteiger charge is -2.16. The molecule has 1 aliphatic heterocycles. The number of benzene rings is 2. The van der Waals surface area contributed by atoms with E-state index in [1.165, 1.54) is 16.7 Å². The van der Waals surface area contributed by atoms with Crippen molar-refractivity contribution >= 4 is 29.9 Å². The summed E-state index contributed by atoms with van der Waals surface area (Å²) in [6, 6.07) is 14.7. The molecule has 1 atom stereocenters. The Balaban J connectivity index is 0.00000300. The normalized spacial score (nSPS) is 13.7. The van der Waals surface area contributed by atoms with Crippen molar-refractivity contribution in [3.63, 3.8) is 0 Å². The maximum Gasteiger partial charge on any atom is 0.191 e. The molecule has 0 saturated carbocycles. The van der Waals surface area contributed by atoms with Crippen LogP contribution in [0.25, 0.3) is 0 Å². The molecule has 5 nitrogen and oxygen atoms in total. The predicted octanol–water partition coefficient (Wildman–Crippen LogP) is 4.15. The number of rotatable bonds is 8. The molecule has 0 radical (unpaired) electrons. The lowest BCUT2D eigenvalue weighted by molar-refractivity contribution is 0.357. The molecule has 0 fully saturated rings. The zero-order chi connectivity index (χ0) is 19.8. The highest BCUT2D eigenvalue weighted by molar-refractivity contribution is 14.0. The molecule has 0 aromatic heterocycles. The van der Waals surface area contributed by atoms with Gasteiger partial charge >= 0.3 is 0 Å². The van der Waals surface area contributed by atoms with Gasteiger partial charge in [0.05, 0.1) is 13.7 Å². The Morgan fingerprint density at radius 1 is 1.21 bits per heavy atom. The van der Waals surface area contributed by atoms with E-state index in [-0.39, 0.29) is 29.9 Å². The smallest absolute Gasteiger partial charge is 0.191 e. The van der Waals surface area contributed by atoms with Gasteiger partial charge in [-0.15, -0.1) is 24.0 Å². The number of fused-ring (bicyclic) bond motifs is 1. The molecule has 0 saturated heterocycles. The van der Waals surface area contributed by atoms with Crippen molar-refractivity contribution < 1.29 is 9.47 Å². The monoisotopic (exact) mass is 509 g/mol. The maximum absolute atomic E-state index is 5.58. The number of hydrogen-bond donors (Lipinski definition) is 2. The molecule has 0 spiro atoms. The highest BCUT2D eigenvalue weighted by atomic mass is 127. The third kappa shape index (κ3) is 6.52. The highest BCUT2D eigenvalue weighted by Gasteiger charge is 2.12. The van der Waals surface area contributed by atoms with Crippen LogP contribution in [-0.2, 0) is 12.8 Å². The van der Waals surface area contributed by atoms with Crippen LogP contribution in [0.1, 0.15) is 36.5 Å². The Bertz CT molecular complexity index is 810. The van der Waals surface area contributed by atoms with E-state index in [1.807, 2.05) is 18.2 Å². The summed E-state index contributed by atoms with van der Waals surface area (Å²) in [4.78, 5) is 4.77. The van der Waals surface area contributed by atoms with Gasteiger partial charge in [0, 0.05) is 32.0 Å². The van der Waals surface area contributed by atoms with Gasteiger partial charge in [0.15, 0.2) is 5.96 Å². The number of hydrogen-bond acceptors (Lipinski definition) is 3. The number of methoxy groups -OCH3 is 1. The Labute approximate surface area is 191 Å². The van der Waals surface area contributed by atoms with E-state index < -0.39 is 0 Å². The van der Waals surface area contributed by atoms with Crippen LogP contribution in [0, 0.1) is 0 Å². The van der Waals surface area contributed by atoms with Gasteiger partial charge < -0.3 is 20.1 Å². The van der Waals surface area contributed by atoms with Crippen LogP contribution in [0.15, 0.2) is 47.5 Å². The molecule has 2 aromatic carbocycles. The molecule has 6 heteroatoms. The topological polar surface area (TPSA) is 54.9 Å². The van der Waals surface area contributed by atoms with Crippen LogP contribution in [0.4, 0.5) is 0 Å². The third-order valence-electron chi connectivity index (χ3n) is 5.00. The number of halogens is 1. The van der Waals surface area contributed by atoms with Gasteiger partial charge in [-0.25, -0.2) is 0 Å². The number of nitrogens with zero attached hydrogens (tertiary/aromatic N) is 1. The second kappa shape index (κ2) is 11.9. The summed E-state index contributed by atoms with van der Waals surface area (Å²) < 4.78 is 11.1. The fourth-order valence-corrected chi connectivity index (χ4v) is 3.46. The van der Waals surface area contributed by atoms with Crippen LogP contribution < -0.4 is 20.1 Å². The number of nitrogens with one attached hydrogen (secondary N) is 2. The second-order valence-electron chi connectivity index (χ2n) is 7.08. The first-order chi connectivity index (χ1) is 13.7. The summed E-state index contributed by atoms with van der Waals surface area (Å²) in [5.41, 5.74) is 3.84. The minimum Gasteiger partial charge on any atom is -0.496 e. The first kappa shape index (κ1) is 23.3. The van der Waals surface area contributed by atoms with Gasteiger partial charge in [0.1, 0.15) is 11.5 Å². The Hall–Kier alpha value is -1.96. The van der Waals surface area contributed by atoms with Crippen LogP contribution in [0.5, 0.6) is 11.5 Å². The van der Waals surface area contributed by atoms with Crippen LogP contribution in [0.3, 0.4) is 0 Å². The first-order valence-corrected chi connectivity index (χ1v) is 10.1. The summed E-state index contributed by atoms with van der Waals surface area (Å²) in [7, 11) is 1.71. The van der Waals surface area contributed by atoms with Gasteiger partial charge in [0.25, 0.3) is 0 Å². The van der Waals surface area contributed by atoms with E-state index in [9.17, 15) is 0 Å². The SMILES string of the molecule is CCNC(=NCC(C)c1ccccc1OC)NCCc1ccc2c(c1)CCO2.I. The summed E-state index contributed by atoms with van der Waals surface area (Å²) in [5.74, 6) is 3.10. The van der Waals surface area contributed by atoms with Crippen molar-refractivity contribution in [2.45, 2.75) is 32.6 Å². The Morgan fingerprint density at radius 2 is 2.03 bits per heavy atom. The molecule has 2 N–H and O–H groups in total.